The molecular formula is C20H25ClN3O2+. The van der Waals surface area contributed by atoms with Gasteiger partial charge in [0, 0.05) is 12.1 Å². The SMILES string of the molecule is C[C@H](NC(=O)c1ccccc1Cl)C(=O)NCc1ccc(C[NH+](C)C)cc1. The van der Waals surface area contributed by atoms with Crippen LogP contribution in [0, 0.1) is 0 Å². The highest BCUT2D eigenvalue weighted by atomic mass is 35.5. The molecule has 0 saturated carbocycles. The topological polar surface area (TPSA) is 62.6 Å². The zero-order valence-corrected chi connectivity index (χ0v) is 16.1. The minimum absolute atomic E-state index is 0.243. The number of benzene rings is 2. The van der Waals surface area contributed by atoms with E-state index >= 15 is 0 Å². The Hall–Kier alpha value is -2.37. The quantitative estimate of drug-likeness (QED) is 0.686. The summed E-state index contributed by atoms with van der Waals surface area (Å²) in [7, 11) is 4.21. The van der Waals surface area contributed by atoms with Gasteiger partial charge in [-0.1, -0.05) is 48.0 Å². The van der Waals surface area contributed by atoms with E-state index in [0.717, 1.165) is 12.1 Å². The fourth-order valence-electron chi connectivity index (χ4n) is 2.51. The fraction of sp³-hybridized carbons (Fsp3) is 0.300. The van der Waals surface area contributed by atoms with Gasteiger partial charge in [0.05, 0.1) is 24.7 Å². The average Bonchev–Trinajstić information content (AvgIpc) is 2.60. The van der Waals surface area contributed by atoms with E-state index in [2.05, 4.69) is 36.9 Å². The minimum Gasteiger partial charge on any atom is -0.350 e. The Labute approximate surface area is 159 Å². The third-order valence-electron chi connectivity index (χ3n) is 3.91. The van der Waals surface area contributed by atoms with Crippen molar-refractivity contribution in [2.45, 2.75) is 26.1 Å². The predicted octanol–water partition coefficient (Wildman–Crippen LogP) is 1.42. The van der Waals surface area contributed by atoms with Crippen molar-refractivity contribution in [1.82, 2.24) is 10.6 Å². The maximum Gasteiger partial charge on any atom is 0.253 e. The van der Waals surface area contributed by atoms with Crippen molar-refractivity contribution in [1.29, 1.82) is 0 Å². The van der Waals surface area contributed by atoms with Crippen molar-refractivity contribution in [3.63, 3.8) is 0 Å². The second-order valence-electron chi connectivity index (χ2n) is 6.59. The van der Waals surface area contributed by atoms with Gasteiger partial charge >= 0.3 is 0 Å². The number of hydrogen-bond donors (Lipinski definition) is 3. The van der Waals surface area contributed by atoms with E-state index in [4.69, 9.17) is 11.6 Å². The number of amides is 2. The molecule has 0 aromatic heterocycles. The molecule has 0 fully saturated rings. The number of halogens is 1. The van der Waals surface area contributed by atoms with Gasteiger partial charge in [-0.15, -0.1) is 0 Å². The summed E-state index contributed by atoms with van der Waals surface area (Å²) in [6.07, 6.45) is 0. The predicted molar refractivity (Wildman–Crippen MR) is 103 cm³/mol. The minimum atomic E-state index is -0.657. The van der Waals surface area contributed by atoms with Crippen LogP contribution in [-0.2, 0) is 17.9 Å². The molecule has 138 valence electrons. The number of rotatable bonds is 7. The molecule has 0 radical (unpaired) electrons. The highest BCUT2D eigenvalue weighted by molar-refractivity contribution is 6.33. The maximum atomic E-state index is 12.2. The summed E-state index contributed by atoms with van der Waals surface area (Å²) in [5, 5.41) is 5.86. The molecule has 0 aliphatic rings. The summed E-state index contributed by atoms with van der Waals surface area (Å²) in [4.78, 5) is 25.8. The van der Waals surface area contributed by atoms with Gasteiger partial charge in [-0.05, 0) is 24.6 Å². The van der Waals surface area contributed by atoms with E-state index in [0.29, 0.717) is 17.1 Å². The molecule has 0 saturated heterocycles. The largest absolute Gasteiger partial charge is 0.350 e. The summed E-state index contributed by atoms with van der Waals surface area (Å²) in [6, 6.07) is 14.2. The normalized spacial score (nSPS) is 11.9. The fourth-order valence-corrected chi connectivity index (χ4v) is 2.73. The van der Waals surface area contributed by atoms with Gasteiger partial charge in [-0.3, -0.25) is 9.59 Å². The molecule has 2 aromatic rings. The van der Waals surface area contributed by atoms with Gasteiger partial charge < -0.3 is 15.5 Å². The smallest absolute Gasteiger partial charge is 0.253 e. The van der Waals surface area contributed by atoms with E-state index < -0.39 is 6.04 Å². The van der Waals surface area contributed by atoms with E-state index in [-0.39, 0.29) is 11.8 Å². The van der Waals surface area contributed by atoms with E-state index in [9.17, 15) is 9.59 Å². The first-order valence-corrected chi connectivity index (χ1v) is 8.94. The number of carbonyl (C=O) groups excluding carboxylic acids is 2. The second kappa shape index (κ2) is 9.36. The molecule has 5 nitrogen and oxygen atoms in total. The van der Waals surface area contributed by atoms with Crippen LogP contribution in [0.25, 0.3) is 0 Å². The molecule has 0 heterocycles. The Morgan fingerprint density at radius 2 is 1.65 bits per heavy atom. The van der Waals surface area contributed by atoms with Gasteiger partial charge in [0.1, 0.15) is 12.6 Å². The lowest BCUT2D eigenvalue weighted by Gasteiger charge is -2.15. The molecule has 2 amide bonds. The van der Waals surface area contributed by atoms with Crippen LogP contribution in [0.15, 0.2) is 48.5 Å². The van der Waals surface area contributed by atoms with Crippen LogP contribution in [0.4, 0.5) is 0 Å². The highest BCUT2D eigenvalue weighted by Gasteiger charge is 2.17. The lowest BCUT2D eigenvalue weighted by molar-refractivity contribution is -0.872. The Balaban J connectivity index is 1.85. The van der Waals surface area contributed by atoms with Gasteiger partial charge in [-0.2, -0.15) is 0 Å². The third kappa shape index (κ3) is 5.86. The van der Waals surface area contributed by atoms with Crippen molar-refractivity contribution in [2.24, 2.45) is 0 Å². The summed E-state index contributed by atoms with van der Waals surface area (Å²) in [5.74, 6) is -0.610. The first-order chi connectivity index (χ1) is 12.4. The van der Waals surface area contributed by atoms with Gasteiger partial charge in [0.2, 0.25) is 5.91 Å². The van der Waals surface area contributed by atoms with Gasteiger partial charge in [0.15, 0.2) is 0 Å². The second-order valence-corrected chi connectivity index (χ2v) is 7.00. The van der Waals surface area contributed by atoms with Crippen molar-refractivity contribution in [2.75, 3.05) is 14.1 Å². The van der Waals surface area contributed by atoms with E-state index in [1.54, 1.807) is 31.2 Å². The first kappa shape index (κ1) is 19.9. The lowest BCUT2D eigenvalue weighted by atomic mass is 10.1. The molecule has 1 atom stereocenters. The monoisotopic (exact) mass is 374 g/mol. The average molecular weight is 375 g/mol. The Morgan fingerprint density at radius 1 is 1.04 bits per heavy atom. The van der Waals surface area contributed by atoms with Crippen LogP contribution in [0.2, 0.25) is 5.02 Å². The van der Waals surface area contributed by atoms with Crippen LogP contribution in [0.1, 0.15) is 28.4 Å². The molecule has 6 heteroatoms. The van der Waals surface area contributed by atoms with Crippen molar-refractivity contribution in [3.8, 4) is 0 Å². The van der Waals surface area contributed by atoms with Crippen LogP contribution in [0.5, 0.6) is 0 Å². The molecule has 26 heavy (non-hydrogen) atoms. The summed E-state index contributed by atoms with van der Waals surface area (Å²) < 4.78 is 0. The molecule has 0 spiro atoms. The number of quaternary nitrogens is 1. The van der Waals surface area contributed by atoms with E-state index in [1.165, 1.54) is 10.5 Å². The van der Waals surface area contributed by atoms with Crippen LogP contribution < -0.4 is 15.5 Å². The van der Waals surface area contributed by atoms with Crippen molar-refractivity contribution >= 4 is 23.4 Å². The molecule has 0 aliphatic carbocycles. The molecule has 2 rings (SSSR count). The molecule has 2 aromatic carbocycles. The van der Waals surface area contributed by atoms with Crippen LogP contribution in [0.3, 0.4) is 0 Å². The standard InChI is InChI=1S/C20H24ClN3O2/c1-14(23-20(26)17-6-4-5-7-18(17)21)19(25)22-12-15-8-10-16(11-9-15)13-24(2)3/h4-11,14H,12-13H2,1-3H3,(H,22,25)(H,23,26)/p+1/t14-/m0/s1. The zero-order valence-electron chi connectivity index (χ0n) is 15.3. The molecular weight excluding hydrogens is 350 g/mol. The molecule has 3 N–H and O–H groups in total. The molecule has 0 unspecified atom stereocenters. The number of carbonyl (C=O) groups is 2. The van der Waals surface area contributed by atoms with E-state index in [1.807, 2.05) is 12.1 Å². The highest BCUT2D eigenvalue weighted by Crippen LogP contribution is 2.14. The van der Waals surface area contributed by atoms with Crippen LogP contribution >= 0.6 is 11.6 Å². The summed E-state index contributed by atoms with van der Waals surface area (Å²) in [6.45, 7) is 3.02. The first-order valence-electron chi connectivity index (χ1n) is 8.56. The zero-order chi connectivity index (χ0) is 19.1. The maximum absolute atomic E-state index is 12.2. The number of nitrogens with one attached hydrogen (secondary N) is 3. The van der Waals surface area contributed by atoms with Crippen molar-refractivity contribution in [3.05, 3.63) is 70.2 Å². The Kier molecular flexibility index (Phi) is 7.18. The van der Waals surface area contributed by atoms with Crippen LogP contribution in [-0.4, -0.2) is 32.0 Å². The Bertz CT molecular complexity index is 760. The van der Waals surface area contributed by atoms with Crippen molar-refractivity contribution < 1.29 is 14.5 Å². The van der Waals surface area contributed by atoms with Gasteiger partial charge in [-0.25, -0.2) is 0 Å². The molecule has 0 aliphatic heterocycles. The summed E-state index contributed by atoms with van der Waals surface area (Å²) >= 11 is 6.00. The third-order valence-corrected chi connectivity index (χ3v) is 4.24. The molecule has 0 bridgehead atoms. The number of hydrogen-bond acceptors (Lipinski definition) is 2. The van der Waals surface area contributed by atoms with Gasteiger partial charge in [0.25, 0.3) is 5.91 Å². The lowest BCUT2D eigenvalue weighted by Crippen LogP contribution is -3.04. The summed E-state index contributed by atoms with van der Waals surface area (Å²) in [5.41, 5.74) is 2.62. The Morgan fingerprint density at radius 3 is 2.27 bits per heavy atom.